The fourth-order valence-electron chi connectivity index (χ4n) is 0.579. The average molecular weight is 125 g/mol. The van der Waals surface area contributed by atoms with E-state index in [1.54, 1.807) is 6.92 Å². The van der Waals surface area contributed by atoms with Crippen LogP contribution < -0.4 is 0 Å². The van der Waals surface area contributed by atoms with Crippen LogP contribution in [0.4, 0.5) is 0 Å². The van der Waals surface area contributed by atoms with Gasteiger partial charge in [-0.2, -0.15) is 0 Å². The van der Waals surface area contributed by atoms with E-state index in [0.717, 1.165) is 0 Å². The van der Waals surface area contributed by atoms with Crippen LogP contribution in [0.15, 0.2) is 17.4 Å². The molecule has 0 aromatic carbocycles. The summed E-state index contributed by atoms with van der Waals surface area (Å²) in [4.78, 5) is 3.75. The van der Waals surface area contributed by atoms with Crippen LogP contribution in [0.25, 0.3) is 5.76 Å². The molecule has 48 valence electrons. The highest BCUT2D eigenvalue weighted by atomic mass is 16.4. The van der Waals surface area contributed by atoms with Gasteiger partial charge >= 0.3 is 0 Å². The topological polar surface area (TPSA) is 46.3 Å². The number of aromatic nitrogens is 1. The van der Waals surface area contributed by atoms with Crippen LogP contribution in [0.2, 0.25) is 0 Å². The van der Waals surface area contributed by atoms with Gasteiger partial charge in [0.1, 0.15) is 0 Å². The minimum atomic E-state index is -0.0787. The summed E-state index contributed by atoms with van der Waals surface area (Å²) < 4.78 is 4.77. The lowest BCUT2D eigenvalue weighted by molar-refractivity contribution is 0.458. The molecule has 0 saturated carbocycles. The van der Waals surface area contributed by atoms with Gasteiger partial charge in [-0.3, -0.25) is 0 Å². The SMILES string of the molecule is C=C(O)c1ocnc1C. The zero-order valence-corrected chi connectivity index (χ0v) is 5.09. The Bertz CT molecular complexity index is 227. The van der Waals surface area contributed by atoms with Crippen molar-refractivity contribution in [1.82, 2.24) is 4.98 Å². The molecule has 0 saturated heterocycles. The minimum Gasteiger partial charge on any atom is -0.505 e. The summed E-state index contributed by atoms with van der Waals surface area (Å²) in [5.41, 5.74) is 0.655. The number of hydrogen-bond acceptors (Lipinski definition) is 3. The van der Waals surface area contributed by atoms with Crippen LogP contribution >= 0.6 is 0 Å². The Kier molecular flexibility index (Phi) is 1.26. The van der Waals surface area contributed by atoms with Gasteiger partial charge in [-0.1, -0.05) is 6.58 Å². The molecule has 0 atom stereocenters. The fourth-order valence-corrected chi connectivity index (χ4v) is 0.579. The van der Waals surface area contributed by atoms with Crippen molar-refractivity contribution in [2.24, 2.45) is 0 Å². The summed E-state index contributed by atoms with van der Waals surface area (Å²) in [5.74, 6) is 0.278. The summed E-state index contributed by atoms with van der Waals surface area (Å²) in [6.45, 7) is 5.02. The number of aliphatic hydroxyl groups excluding tert-OH is 1. The van der Waals surface area contributed by atoms with Crippen molar-refractivity contribution in [3.8, 4) is 0 Å². The molecule has 0 radical (unpaired) electrons. The molecule has 3 heteroatoms. The average Bonchev–Trinajstić information content (AvgIpc) is 2.13. The van der Waals surface area contributed by atoms with Crippen molar-refractivity contribution in [2.75, 3.05) is 0 Å². The van der Waals surface area contributed by atoms with E-state index in [1.807, 2.05) is 0 Å². The van der Waals surface area contributed by atoms with Gasteiger partial charge in [0, 0.05) is 0 Å². The first kappa shape index (κ1) is 5.88. The number of oxazole rings is 1. The predicted molar refractivity (Wildman–Crippen MR) is 32.9 cm³/mol. The van der Waals surface area contributed by atoms with E-state index >= 15 is 0 Å². The second kappa shape index (κ2) is 1.93. The fraction of sp³-hybridized carbons (Fsp3) is 0.167. The Hall–Kier alpha value is -1.25. The molecule has 3 nitrogen and oxygen atoms in total. The standard InChI is InChI=1S/C6H7NO2/c1-4-6(5(2)8)9-3-7-4/h3,8H,2H2,1H3. The quantitative estimate of drug-likeness (QED) is 0.578. The molecule has 1 heterocycles. The first-order valence-electron chi connectivity index (χ1n) is 2.50. The van der Waals surface area contributed by atoms with Crippen molar-refractivity contribution in [3.05, 3.63) is 24.4 Å². The van der Waals surface area contributed by atoms with E-state index in [0.29, 0.717) is 11.5 Å². The van der Waals surface area contributed by atoms with Crippen LogP contribution in [-0.4, -0.2) is 10.1 Å². The lowest BCUT2D eigenvalue weighted by Gasteiger charge is -1.89. The monoisotopic (exact) mass is 125 g/mol. The molecular formula is C6H7NO2. The van der Waals surface area contributed by atoms with Crippen LogP contribution in [0.5, 0.6) is 0 Å². The molecule has 0 amide bonds. The van der Waals surface area contributed by atoms with Gasteiger partial charge in [-0.05, 0) is 6.92 Å². The highest BCUT2D eigenvalue weighted by molar-refractivity contribution is 5.51. The Labute approximate surface area is 52.6 Å². The normalized spacial score (nSPS) is 9.44. The van der Waals surface area contributed by atoms with Crippen molar-refractivity contribution in [3.63, 3.8) is 0 Å². The maximum absolute atomic E-state index is 8.77. The van der Waals surface area contributed by atoms with E-state index in [-0.39, 0.29) is 5.76 Å². The maximum Gasteiger partial charge on any atom is 0.190 e. The summed E-state index contributed by atoms with van der Waals surface area (Å²) in [6.07, 6.45) is 1.27. The van der Waals surface area contributed by atoms with Gasteiger partial charge in [-0.15, -0.1) is 0 Å². The van der Waals surface area contributed by atoms with Crippen LogP contribution in [0.1, 0.15) is 11.5 Å². The highest BCUT2D eigenvalue weighted by Crippen LogP contribution is 2.11. The molecule has 1 N–H and O–H groups in total. The van der Waals surface area contributed by atoms with Crippen molar-refractivity contribution in [2.45, 2.75) is 6.92 Å². The first-order valence-corrected chi connectivity index (χ1v) is 2.50. The third-order valence-electron chi connectivity index (χ3n) is 1.01. The molecule has 0 spiro atoms. The smallest absolute Gasteiger partial charge is 0.190 e. The Morgan fingerprint density at radius 1 is 1.89 bits per heavy atom. The second-order valence-electron chi connectivity index (χ2n) is 1.71. The molecule has 0 unspecified atom stereocenters. The van der Waals surface area contributed by atoms with Crippen molar-refractivity contribution < 1.29 is 9.52 Å². The highest BCUT2D eigenvalue weighted by Gasteiger charge is 2.03. The van der Waals surface area contributed by atoms with E-state index in [9.17, 15) is 0 Å². The summed E-state index contributed by atoms with van der Waals surface area (Å²) in [6, 6.07) is 0. The molecule has 0 aliphatic heterocycles. The molecule has 9 heavy (non-hydrogen) atoms. The van der Waals surface area contributed by atoms with Crippen LogP contribution in [0.3, 0.4) is 0 Å². The van der Waals surface area contributed by atoms with E-state index in [1.165, 1.54) is 6.39 Å². The molecule has 0 fully saturated rings. The lowest BCUT2D eigenvalue weighted by atomic mass is 10.3. The molecule has 0 aliphatic carbocycles. The zero-order valence-electron chi connectivity index (χ0n) is 5.09. The number of aliphatic hydroxyl groups is 1. The summed E-state index contributed by atoms with van der Waals surface area (Å²) in [5, 5.41) is 8.77. The van der Waals surface area contributed by atoms with E-state index in [2.05, 4.69) is 11.6 Å². The van der Waals surface area contributed by atoms with Gasteiger partial charge in [0.05, 0.1) is 5.69 Å². The van der Waals surface area contributed by atoms with Gasteiger partial charge in [0.15, 0.2) is 17.9 Å². The minimum absolute atomic E-state index is 0.0787. The van der Waals surface area contributed by atoms with Crippen molar-refractivity contribution >= 4 is 5.76 Å². The third kappa shape index (κ3) is 0.937. The first-order chi connectivity index (χ1) is 4.22. The number of nitrogens with zero attached hydrogens (tertiary/aromatic N) is 1. The number of rotatable bonds is 1. The van der Waals surface area contributed by atoms with E-state index in [4.69, 9.17) is 9.52 Å². The molecule has 0 aliphatic rings. The molecular weight excluding hydrogens is 118 g/mol. The van der Waals surface area contributed by atoms with Gasteiger partial charge in [0.2, 0.25) is 0 Å². The Morgan fingerprint density at radius 3 is 2.78 bits per heavy atom. The number of aryl methyl sites for hydroxylation is 1. The molecule has 1 rings (SSSR count). The third-order valence-corrected chi connectivity index (χ3v) is 1.01. The van der Waals surface area contributed by atoms with Gasteiger partial charge < -0.3 is 9.52 Å². The van der Waals surface area contributed by atoms with E-state index < -0.39 is 0 Å². The Balaban J connectivity index is 3.08. The summed E-state index contributed by atoms with van der Waals surface area (Å²) >= 11 is 0. The van der Waals surface area contributed by atoms with Gasteiger partial charge in [0.25, 0.3) is 0 Å². The lowest BCUT2D eigenvalue weighted by Crippen LogP contribution is -1.79. The maximum atomic E-state index is 8.77. The Morgan fingerprint density at radius 2 is 2.56 bits per heavy atom. The zero-order chi connectivity index (χ0) is 6.85. The molecule has 0 bridgehead atoms. The van der Waals surface area contributed by atoms with Crippen LogP contribution in [-0.2, 0) is 0 Å². The number of hydrogen-bond donors (Lipinski definition) is 1. The van der Waals surface area contributed by atoms with Crippen molar-refractivity contribution in [1.29, 1.82) is 0 Å². The summed E-state index contributed by atoms with van der Waals surface area (Å²) in [7, 11) is 0. The predicted octanol–water partition coefficient (Wildman–Crippen LogP) is 1.51. The van der Waals surface area contributed by atoms with Crippen LogP contribution in [0, 0.1) is 6.92 Å². The second-order valence-corrected chi connectivity index (χ2v) is 1.71. The largest absolute Gasteiger partial charge is 0.505 e. The molecule has 1 aromatic rings. The molecule has 1 aromatic heterocycles. The van der Waals surface area contributed by atoms with Gasteiger partial charge in [-0.25, -0.2) is 4.98 Å².